The number of carbonyl (C=O) groups excluding carboxylic acids is 2. The quantitative estimate of drug-likeness (QED) is 0.509. The van der Waals surface area contributed by atoms with Crippen molar-refractivity contribution in [3.63, 3.8) is 0 Å². The van der Waals surface area contributed by atoms with E-state index in [1.165, 1.54) is 12.1 Å². The van der Waals surface area contributed by atoms with Crippen LogP contribution >= 0.6 is 0 Å². The summed E-state index contributed by atoms with van der Waals surface area (Å²) in [5, 5.41) is 2.88. The van der Waals surface area contributed by atoms with Crippen LogP contribution in [0.4, 0.5) is 4.39 Å². The predicted octanol–water partition coefficient (Wildman–Crippen LogP) is 5.35. The van der Waals surface area contributed by atoms with Crippen molar-refractivity contribution in [1.82, 2.24) is 10.2 Å². The van der Waals surface area contributed by atoms with Crippen molar-refractivity contribution in [2.45, 2.75) is 46.7 Å². The Morgan fingerprint density at radius 1 is 1.06 bits per heavy atom. The molecule has 1 aliphatic rings. The van der Waals surface area contributed by atoms with E-state index in [-0.39, 0.29) is 30.3 Å². The van der Waals surface area contributed by atoms with Crippen LogP contribution in [0.5, 0.6) is 5.75 Å². The Hall–Kier alpha value is -3.67. The zero-order valence-electron chi connectivity index (χ0n) is 21.3. The second-order valence-electron chi connectivity index (χ2n) is 10.4. The number of amides is 2. The molecule has 1 atom stereocenters. The molecule has 2 amide bonds. The molecule has 0 spiro atoms. The van der Waals surface area contributed by atoms with Crippen LogP contribution in [-0.2, 0) is 22.6 Å². The molecule has 0 bridgehead atoms. The molecule has 3 aromatic carbocycles. The Kier molecular flexibility index (Phi) is 7.43. The molecular weight excluding hydrogens is 455 g/mol. The lowest BCUT2D eigenvalue weighted by molar-refractivity contribution is -0.141. The van der Waals surface area contributed by atoms with Crippen LogP contribution in [0.1, 0.15) is 54.6 Å². The van der Waals surface area contributed by atoms with E-state index in [9.17, 15) is 14.0 Å². The van der Waals surface area contributed by atoms with Gasteiger partial charge in [-0.1, -0.05) is 68.8 Å². The zero-order valence-corrected chi connectivity index (χ0v) is 21.3. The van der Waals surface area contributed by atoms with Gasteiger partial charge in [0.25, 0.3) is 5.91 Å². The second kappa shape index (κ2) is 10.5. The molecule has 0 aromatic heterocycles. The molecule has 6 heteroatoms. The number of hydrogen-bond acceptors (Lipinski definition) is 3. The number of rotatable bonds is 6. The highest BCUT2D eigenvalue weighted by Gasteiger charge is 2.37. The van der Waals surface area contributed by atoms with Gasteiger partial charge in [0.1, 0.15) is 11.6 Å². The van der Waals surface area contributed by atoms with Crippen molar-refractivity contribution in [1.29, 1.82) is 0 Å². The van der Waals surface area contributed by atoms with Gasteiger partial charge in [0.2, 0.25) is 5.91 Å². The standard InChI is InChI=1S/C30H33FN2O3/c1-20-6-5-7-21(16-20)18-32-27(34)19-36-25-13-10-22-14-15-33(29(35)30(2,3)4)28(26(22)17-25)23-8-11-24(31)12-9-23/h5-13,16-17,28H,14-15,18-19H2,1-4H3,(H,32,34)/t28-/m0/s1. The van der Waals surface area contributed by atoms with Crippen LogP contribution in [0.15, 0.2) is 66.7 Å². The minimum atomic E-state index is -0.556. The van der Waals surface area contributed by atoms with Gasteiger partial charge in [-0.05, 0) is 59.9 Å². The number of nitrogens with zero attached hydrogens (tertiary/aromatic N) is 1. The molecule has 1 aliphatic heterocycles. The monoisotopic (exact) mass is 488 g/mol. The van der Waals surface area contributed by atoms with E-state index in [0.29, 0.717) is 25.3 Å². The predicted molar refractivity (Wildman–Crippen MR) is 138 cm³/mol. The maximum atomic E-state index is 13.7. The van der Waals surface area contributed by atoms with E-state index < -0.39 is 5.41 Å². The molecule has 0 radical (unpaired) electrons. The van der Waals surface area contributed by atoms with Gasteiger partial charge in [-0.3, -0.25) is 9.59 Å². The zero-order chi connectivity index (χ0) is 25.9. The van der Waals surface area contributed by atoms with E-state index in [0.717, 1.165) is 27.8 Å². The number of ether oxygens (including phenoxy) is 1. The minimum Gasteiger partial charge on any atom is -0.484 e. The summed E-state index contributed by atoms with van der Waals surface area (Å²) in [5.74, 6) is 0.0482. The van der Waals surface area contributed by atoms with Gasteiger partial charge in [-0.25, -0.2) is 4.39 Å². The summed E-state index contributed by atoms with van der Waals surface area (Å²) < 4.78 is 19.5. The van der Waals surface area contributed by atoms with E-state index >= 15 is 0 Å². The highest BCUT2D eigenvalue weighted by Crippen LogP contribution is 2.39. The van der Waals surface area contributed by atoms with Crippen molar-refractivity contribution >= 4 is 11.8 Å². The van der Waals surface area contributed by atoms with Gasteiger partial charge >= 0.3 is 0 Å². The highest BCUT2D eigenvalue weighted by molar-refractivity contribution is 5.83. The first kappa shape index (κ1) is 25.4. The molecule has 1 N–H and O–H groups in total. The van der Waals surface area contributed by atoms with Crippen molar-refractivity contribution in [2.75, 3.05) is 13.2 Å². The van der Waals surface area contributed by atoms with Gasteiger partial charge in [0.05, 0.1) is 6.04 Å². The van der Waals surface area contributed by atoms with E-state index in [4.69, 9.17) is 4.74 Å². The summed E-state index contributed by atoms with van der Waals surface area (Å²) in [6.45, 7) is 8.62. The first-order valence-electron chi connectivity index (χ1n) is 12.3. The molecular formula is C30H33FN2O3. The molecule has 4 rings (SSSR count). The maximum Gasteiger partial charge on any atom is 0.258 e. The largest absolute Gasteiger partial charge is 0.484 e. The molecule has 36 heavy (non-hydrogen) atoms. The Bertz CT molecular complexity index is 1250. The Morgan fingerprint density at radius 2 is 1.81 bits per heavy atom. The molecule has 0 unspecified atom stereocenters. The normalized spacial score (nSPS) is 15.2. The van der Waals surface area contributed by atoms with E-state index in [2.05, 4.69) is 5.32 Å². The lowest BCUT2D eigenvalue weighted by atomic mass is 9.85. The van der Waals surface area contributed by atoms with Gasteiger partial charge in [-0.2, -0.15) is 0 Å². The first-order valence-corrected chi connectivity index (χ1v) is 12.3. The topological polar surface area (TPSA) is 58.6 Å². The van der Waals surface area contributed by atoms with Crippen LogP contribution in [-0.4, -0.2) is 29.9 Å². The molecule has 0 saturated heterocycles. The first-order chi connectivity index (χ1) is 17.1. The minimum absolute atomic E-state index is 0.0318. The number of halogens is 1. The van der Waals surface area contributed by atoms with E-state index in [1.807, 2.05) is 75.1 Å². The number of aryl methyl sites for hydroxylation is 1. The van der Waals surface area contributed by atoms with Crippen molar-refractivity contribution in [2.24, 2.45) is 5.41 Å². The van der Waals surface area contributed by atoms with Crippen molar-refractivity contribution in [3.8, 4) is 5.75 Å². The number of benzene rings is 3. The lowest BCUT2D eigenvalue weighted by Gasteiger charge is -2.41. The third-order valence-corrected chi connectivity index (χ3v) is 6.38. The molecule has 188 valence electrons. The number of hydrogen-bond donors (Lipinski definition) is 1. The van der Waals surface area contributed by atoms with Gasteiger partial charge in [-0.15, -0.1) is 0 Å². The summed E-state index contributed by atoms with van der Waals surface area (Å²) in [5.41, 5.74) is 4.49. The highest BCUT2D eigenvalue weighted by atomic mass is 19.1. The molecule has 0 saturated carbocycles. The van der Waals surface area contributed by atoms with Crippen LogP contribution < -0.4 is 10.1 Å². The Morgan fingerprint density at radius 3 is 2.50 bits per heavy atom. The number of nitrogens with one attached hydrogen (secondary N) is 1. The fourth-order valence-electron chi connectivity index (χ4n) is 4.56. The van der Waals surface area contributed by atoms with Crippen LogP contribution in [0.3, 0.4) is 0 Å². The van der Waals surface area contributed by atoms with Crippen molar-refractivity contribution < 1.29 is 18.7 Å². The summed E-state index contributed by atoms with van der Waals surface area (Å²) in [7, 11) is 0. The summed E-state index contributed by atoms with van der Waals surface area (Å²) in [6, 6.07) is 19.7. The average Bonchev–Trinajstić information content (AvgIpc) is 2.85. The smallest absolute Gasteiger partial charge is 0.258 e. The maximum absolute atomic E-state index is 13.7. The Balaban J connectivity index is 1.53. The lowest BCUT2D eigenvalue weighted by Crippen LogP contribution is -2.45. The van der Waals surface area contributed by atoms with Gasteiger partial charge < -0.3 is 15.0 Å². The molecule has 1 heterocycles. The third kappa shape index (κ3) is 5.93. The fraction of sp³-hybridized carbons (Fsp3) is 0.333. The molecule has 3 aromatic rings. The third-order valence-electron chi connectivity index (χ3n) is 6.38. The molecule has 0 aliphatic carbocycles. The number of carbonyl (C=O) groups is 2. The van der Waals surface area contributed by atoms with Crippen molar-refractivity contribution in [3.05, 3.63) is 100 Å². The van der Waals surface area contributed by atoms with Crippen LogP contribution in [0.2, 0.25) is 0 Å². The van der Waals surface area contributed by atoms with Gasteiger partial charge in [0.15, 0.2) is 6.61 Å². The molecule has 0 fully saturated rings. The summed E-state index contributed by atoms with van der Waals surface area (Å²) >= 11 is 0. The van der Waals surface area contributed by atoms with Crippen LogP contribution in [0, 0.1) is 18.2 Å². The number of fused-ring (bicyclic) bond motifs is 1. The Labute approximate surface area is 212 Å². The fourth-order valence-corrected chi connectivity index (χ4v) is 4.56. The molecule has 5 nitrogen and oxygen atoms in total. The SMILES string of the molecule is Cc1cccc(CNC(=O)COc2ccc3c(c2)[C@H](c2ccc(F)cc2)N(C(=O)C(C)(C)C)CC3)c1. The summed E-state index contributed by atoms with van der Waals surface area (Å²) in [4.78, 5) is 27.6. The summed E-state index contributed by atoms with van der Waals surface area (Å²) in [6.07, 6.45) is 0.714. The average molecular weight is 489 g/mol. The second-order valence-corrected chi connectivity index (χ2v) is 10.4. The van der Waals surface area contributed by atoms with Gasteiger partial charge in [0, 0.05) is 18.5 Å². The van der Waals surface area contributed by atoms with Crippen LogP contribution in [0.25, 0.3) is 0 Å². The van der Waals surface area contributed by atoms with E-state index in [1.54, 1.807) is 12.1 Å².